The summed E-state index contributed by atoms with van der Waals surface area (Å²) >= 11 is 0. The van der Waals surface area contributed by atoms with Gasteiger partial charge in [-0.3, -0.25) is 9.10 Å². The second kappa shape index (κ2) is 7.36. The number of benzene rings is 1. The first kappa shape index (κ1) is 18.2. The van der Waals surface area contributed by atoms with E-state index in [2.05, 4.69) is 5.32 Å². The van der Waals surface area contributed by atoms with Crippen LogP contribution in [0.4, 0.5) is 5.69 Å². The predicted octanol–water partition coefficient (Wildman–Crippen LogP) is 2.85. The van der Waals surface area contributed by atoms with Crippen molar-refractivity contribution in [2.24, 2.45) is 11.8 Å². The molecule has 2 bridgehead atoms. The van der Waals surface area contributed by atoms with Crippen molar-refractivity contribution < 1.29 is 13.2 Å². The molecule has 0 saturated heterocycles. The van der Waals surface area contributed by atoms with E-state index in [9.17, 15) is 13.2 Å². The Labute approximate surface area is 150 Å². The van der Waals surface area contributed by atoms with Gasteiger partial charge in [0.05, 0.1) is 11.9 Å². The summed E-state index contributed by atoms with van der Waals surface area (Å²) in [4.78, 5) is 12.2. The van der Waals surface area contributed by atoms with E-state index in [1.54, 1.807) is 0 Å². The van der Waals surface area contributed by atoms with Gasteiger partial charge in [-0.05, 0) is 56.1 Å². The van der Waals surface area contributed by atoms with E-state index in [-0.39, 0.29) is 5.91 Å². The van der Waals surface area contributed by atoms with E-state index in [4.69, 9.17) is 0 Å². The number of aryl methyl sites for hydroxylation is 1. The van der Waals surface area contributed by atoms with Crippen LogP contribution in [0.5, 0.6) is 0 Å². The molecular formula is C19H28N2O3S. The highest BCUT2D eigenvalue weighted by molar-refractivity contribution is 7.92. The summed E-state index contributed by atoms with van der Waals surface area (Å²) in [6.45, 7) is 2.23. The fourth-order valence-electron chi connectivity index (χ4n) is 4.39. The lowest BCUT2D eigenvalue weighted by atomic mass is 9.95. The maximum absolute atomic E-state index is 12.2. The number of fused-ring (bicyclic) bond motifs is 2. The highest BCUT2D eigenvalue weighted by Gasteiger charge is 2.39. The van der Waals surface area contributed by atoms with Gasteiger partial charge < -0.3 is 5.32 Å². The molecule has 1 N–H and O–H groups in total. The van der Waals surface area contributed by atoms with E-state index in [1.807, 2.05) is 31.2 Å². The average Bonchev–Trinajstić information content (AvgIpc) is 3.14. The summed E-state index contributed by atoms with van der Waals surface area (Å²) in [6, 6.07) is 7.78. The lowest BCUT2D eigenvalue weighted by Crippen LogP contribution is -2.39. The Hall–Kier alpha value is -1.56. The van der Waals surface area contributed by atoms with Crippen molar-refractivity contribution in [2.45, 2.75) is 51.5 Å². The average molecular weight is 365 g/mol. The number of amides is 1. The molecule has 0 spiro atoms. The maximum atomic E-state index is 12.2. The molecule has 6 heteroatoms. The summed E-state index contributed by atoms with van der Waals surface area (Å²) < 4.78 is 25.7. The highest BCUT2D eigenvalue weighted by Crippen LogP contribution is 2.44. The number of hydrogen-bond acceptors (Lipinski definition) is 3. The molecule has 25 heavy (non-hydrogen) atoms. The van der Waals surface area contributed by atoms with E-state index in [0.717, 1.165) is 17.9 Å². The molecule has 3 atom stereocenters. The zero-order valence-electron chi connectivity index (χ0n) is 15.1. The Kier molecular flexibility index (Phi) is 5.37. The van der Waals surface area contributed by atoms with Gasteiger partial charge in [-0.15, -0.1) is 0 Å². The number of hydrogen-bond donors (Lipinski definition) is 1. The van der Waals surface area contributed by atoms with Crippen LogP contribution in [0.1, 0.15) is 44.1 Å². The quantitative estimate of drug-likeness (QED) is 0.809. The van der Waals surface area contributed by atoms with E-state index < -0.39 is 10.0 Å². The summed E-state index contributed by atoms with van der Waals surface area (Å²) in [5.41, 5.74) is 1.61. The number of para-hydroxylation sites is 1. The number of carbonyl (C=O) groups is 1. The zero-order chi connectivity index (χ0) is 18.0. The Morgan fingerprint density at radius 3 is 2.60 bits per heavy atom. The van der Waals surface area contributed by atoms with Crippen molar-refractivity contribution >= 4 is 21.6 Å². The standard InChI is InChI=1S/C19H28N2O3S/c1-14-6-3-4-7-18(14)21(25(2,23)24)11-5-8-19(22)20-17-13-15-9-10-16(17)12-15/h3-4,6-7,15-17H,5,8-13H2,1-2H3,(H,20,22)/t15-,16-,17-/m1/s1. The molecule has 2 aliphatic rings. The molecule has 1 aromatic carbocycles. The third kappa shape index (κ3) is 4.35. The van der Waals surface area contributed by atoms with Crippen molar-refractivity contribution in [3.05, 3.63) is 29.8 Å². The van der Waals surface area contributed by atoms with Gasteiger partial charge in [0.15, 0.2) is 0 Å². The summed E-state index contributed by atoms with van der Waals surface area (Å²) in [6.07, 6.45) is 7.05. The van der Waals surface area contributed by atoms with E-state index >= 15 is 0 Å². The topological polar surface area (TPSA) is 66.5 Å². The molecule has 2 aliphatic carbocycles. The molecule has 0 aliphatic heterocycles. The molecule has 0 aromatic heterocycles. The summed E-state index contributed by atoms with van der Waals surface area (Å²) in [7, 11) is -3.37. The number of sulfonamides is 1. The lowest BCUT2D eigenvalue weighted by molar-refractivity contribution is -0.122. The molecule has 2 fully saturated rings. The fraction of sp³-hybridized carbons (Fsp3) is 0.632. The Morgan fingerprint density at radius 1 is 1.24 bits per heavy atom. The first-order chi connectivity index (χ1) is 11.8. The van der Waals surface area contributed by atoms with Crippen molar-refractivity contribution in [1.29, 1.82) is 0 Å². The molecule has 138 valence electrons. The molecule has 1 aromatic rings. The molecule has 3 rings (SSSR count). The van der Waals surface area contributed by atoms with Gasteiger partial charge >= 0.3 is 0 Å². The molecule has 5 nitrogen and oxygen atoms in total. The Morgan fingerprint density at radius 2 is 2.00 bits per heavy atom. The highest BCUT2D eigenvalue weighted by atomic mass is 32.2. The fourth-order valence-corrected chi connectivity index (χ4v) is 5.41. The zero-order valence-corrected chi connectivity index (χ0v) is 15.9. The maximum Gasteiger partial charge on any atom is 0.232 e. The van der Waals surface area contributed by atoms with E-state index in [1.165, 1.54) is 29.8 Å². The minimum absolute atomic E-state index is 0.0517. The second-order valence-electron chi connectivity index (χ2n) is 7.57. The molecule has 0 radical (unpaired) electrons. The van der Waals surface area contributed by atoms with E-state index in [0.29, 0.717) is 37.0 Å². The van der Waals surface area contributed by atoms with Crippen LogP contribution in [0.15, 0.2) is 24.3 Å². The van der Waals surface area contributed by atoms with Crippen LogP contribution in [0, 0.1) is 18.8 Å². The van der Waals surface area contributed by atoms with Gasteiger partial charge in [0, 0.05) is 19.0 Å². The minimum atomic E-state index is -3.37. The van der Waals surface area contributed by atoms with Gasteiger partial charge in [0.25, 0.3) is 0 Å². The van der Waals surface area contributed by atoms with Gasteiger partial charge in [-0.25, -0.2) is 8.42 Å². The van der Waals surface area contributed by atoms with Crippen LogP contribution in [-0.2, 0) is 14.8 Å². The number of nitrogens with zero attached hydrogens (tertiary/aromatic N) is 1. The normalized spacial score (nSPS) is 25.1. The molecule has 1 amide bonds. The van der Waals surface area contributed by atoms with Crippen LogP contribution in [0.2, 0.25) is 0 Å². The number of anilines is 1. The van der Waals surface area contributed by atoms with Crippen LogP contribution >= 0.6 is 0 Å². The lowest BCUT2D eigenvalue weighted by Gasteiger charge is -2.25. The molecule has 0 unspecified atom stereocenters. The third-order valence-electron chi connectivity index (χ3n) is 5.63. The first-order valence-electron chi connectivity index (χ1n) is 9.17. The van der Waals surface area contributed by atoms with Crippen molar-refractivity contribution in [3.8, 4) is 0 Å². The third-order valence-corrected chi connectivity index (χ3v) is 6.81. The number of carbonyl (C=O) groups excluding carboxylic acids is 1. The summed E-state index contributed by atoms with van der Waals surface area (Å²) in [5.74, 6) is 1.52. The monoisotopic (exact) mass is 364 g/mol. The molecule has 0 heterocycles. The minimum Gasteiger partial charge on any atom is -0.353 e. The number of rotatable bonds is 7. The second-order valence-corrected chi connectivity index (χ2v) is 9.48. The van der Waals surface area contributed by atoms with Crippen LogP contribution in [-0.4, -0.2) is 33.2 Å². The number of nitrogens with one attached hydrogen (secondary N) is 1. The van der Waals surface area contributed by atoms with Crippen molar-refractivity contribution in [1.82, 2.24) is 5.32 Å². The van der Waals surface area contributed by atoms with Crippen LogP contribution < -0.4 is 9.62 Å². The van der Waals surface area contributed by atoms with Gasteiger partial charge in [-0.1, -0.05) is 24.6 Å². The summed E-state index contributed by atoms with van der Waals surface area (Å²) in [5, 5.41) is 3.17. The Bertz CT molecular complexity index is 732. The molecule has 2 saturated carbocycles. The van der Waals surface area contributed by atoms with Crippen LogP contribution in [0.3, 0.4) is 0 Å². The van der Waals surface area contributed by atoms with Crippen molar-refractivity contribution in [2.75, 3.05) is 17.1 Å². The van der Waals surface area contributed by atoms with Crippen molar-refractivity contribution in [3.63, 3.8) is 0 Å². The SMILES string of the molecule is Cc1ccccc1N(CCCC(=O)N[C@@H]1C[C@@H]2CC[C@@H]1C2)S(C)(=O)=O. The predicted molar refractivity (Wildman–Crippen MR) is 100.0 cm³/mol. The smallest absolute Gasteiger partial charge is 0.232 e. The largest absolute Gasteiger partial charge is 0.353 e. The van der Waals surface area contributed by atoms with Crippen LogP contribution in [0.25, 0.3) is 0 Å². The first-order valence-corrected chi connectivity index (χ1v) is 11.0. The van der Waals surface area contributed by atoms with Gasteiger partial charge in [0.2, 0.25) is 15.9 Å². The molecular weight excluding hydrogens is 336 g/mol. The Balaban J connectivity index is 1.53. The van der Waals surface area contributed by atoms with Gasteiger partial charge in [-0.2, -0.15) is 0 Å². The van der Waals surface area contributed by atoms with Gasteiger partial charge in [0.1, 0.15) is 0 Å².